The van der Waals surface area contributed by atoms with Crippen molar-refractivity contribution >= 4 is 44.4 Å². The Morgan fingerprint density at radius 2 is 1.67 bits per heavy atom. The standard InChI is InChI=1S/C12H7Cl2N3O3S/c13-8-1-4-10(5-2-8)21(18,19)20-17-12-6-3-9(14)7-11(12)15-16-17/h1-7H. The van der Waals surface area contributed by atoms with E-state index in [-0.39, 0.29) is 4.90 Å². The van der Waals surface area contributed by atoms with Gasteiger partial charge in [-0.05, 0) is 47.7 Å². The Kier molecular flexibility index (Phi) is 3.48. The van der Waals surface area contributed by atoms with Gasteiger partial charge in [0, 0.05) is 10.0 Å². The van der Waals surface area contributed by atoms with Crippen molar-refractivity contribution in [2.24, 2.45) is 0 Å². The van der Waals surface area contributed by atoms with Gasteiger partial charge in [0.1, 0.15) is 15.9 Å². The Labute approximate surface area is 129 Å². The monoisotopic (exact) mass is 343 g/mol. The maximum absolute atomic E-state index is 12.1. The van der Waals surface area contributed by atoms with Crippen LogP contribution in [-0.2, 0) is 10.1 Å². The van der Waals surface area contributed by atoms with Crippen molar-refractivity contribution in [3.05, 3.63) is 52.5 Å². The molecule has 2 aromatic carbocycles. The number of halogens is 2. The normalized spacial score (nSPS) is 11.7. The van der Waals surface area contributed by atoms with Crippen LogP contribution in [-0.4, -0.2) is 23.6 Å². The molecule has 0 saturated heterocycles. The average Bonchev–Trinajstić information content (AvgIpc) is 2.81. The van der Waals surface area contributed by atoms with E-state index in [1.54, 1.807) is 18.2 Å². The molecule has 9 heteroatoms. The van der Waals surface area contributed by atoms with E-state index in [1.165, 1.54) is 24.3 Å². The van der Waals surface area contributed by atoms with Gasteiger partial charge in [-0.1, -0.05) is 28.0 Å². The molecule has 0 bridgehead atoms. The minimum absolute atomic E-state index is 0.0375. The first-order chi connectivity index (χ1) is 9.95. The zero-order valence-electron chi connectivity index (χ0n) is 10.3. The topological polar surface area (TPSA) is 74.1 Å². The molecule has 0 aliphatic rings. The van der Waals surface area contributed by atoms with Gasteiger partial charge in [0.15, 0.2) is 0 Å². The number of benzene rings is 2. The third-order valence-corrected chi connectivity index (χ3v) is 4.32. The van der Waals surface area contributed by atoms with E-state index in [9.17, 15) is 8.42 Å². The number of aromatic nitrogens is 3. The van der Waals surface area contributed by atoms with Crippen LogP contribution in [0.15, 0.2) is 47.4 Å². The van der Waals surface area contributed by atoms with Crippen molar-refractivity contribution in [2.45, 2.75) is 4.90 Å². The summed E-state index contributed by atoms with van der Waals surface area (Å²) in [6, 6.07) is 10.3. The summed E-state index contributed by atoms with van der Waals surface area (Å²) in [7, 11) is -4.03. The van der Waals surface area contributed by atoms with Gasteiger partial charge in [-0.15, -0.1) is 5.10 Å². The molecule has 0 radical (unpaired) electrons. The van der Waals surface area contributed by atoms with Crippen LogP contribution in [0.3, 0.4) is 0 Å². The molecule has 3 rings (SSSR count). The second-order valence-corrected chi connectivity index (χ2v) is 6.48. The third kappa shape index (κ3) is 2.80. The molecule has 0 N–H and O–H groups in total. The molecule has 0 unspecified atom stereocenters. The fraction of sp³-hybridized carbons (Fsp3) is 0. The summed E-state index contributed by atoms with van der Waals surface area (Å²) in [5, 5.41) is 8.33. The molecule has 0 aliphatic heterocycles. The number of fused-ring (bicyclic) bond motifs is 1. The Balaban J connectivity index is 1.99. The summed E-state index contributed by atoms with van der Waals surface area (Å²) in [4.78, 5) is 0.791. The molecular weight excluding hydrogens is 337 g/mol. The lowest BCUT2D eigenvalue weighted by Gasteiger charge is -2.05. The van der Waals surface area contributed by atoms with Crippen molar-refractivity contribution in [3.8, 4) is 0 Å². The predicted octanol–water partition coefficient (Wildman–Crippen LogP) is 2.56. The lowest BCUT2D eigenvalue weighted by molar-refractivity contribution is 0.245. The van der Waals surface area contributed by atoms with Gasteiger partial charge in [-0.25, -0.2) is 0 Å². The first-order valence-corrected chi connectivity index (χ1v) is 7.84. The maximum atomic E-state index is 12.1. The van der Waals surface area contributed by atoms with Crippen molar-refractivity contribution in [1.82, 2.24) is 15.2 Å². The molecule has 0 aliphatic carbocycles. The van der Waals surface area contributed by atoms with E-state index in [2.05, 4.69) is 10.3 Å². The smallest absolute Gasteiger partial charge is 0.264 e. The van der Waals surface area contributed by atoms with Crippen LogP contribution in [0.2, 0.25) is 10.0 Å². The summed E-state index contributed by atoms with van der Waals surface area (Å²) < 4.78 is 29.2. The van der Waals surface area contributed by atoms with E-state index >= 15 is 0 Å². The highest BCUT2D eigenvalue weighted by Crippen LogP contribution is 2.18. The zero-order chi connectivity index (χ0) is 15.0. The SMILES string of the molecule is O=S(=O)(On1nnc2cc(Cl)ccc21)c1ccc(Cl)cc1. The van der Waals surface area contributed by atoms with Crippen LogP contribution in [0, 0.1) is 0 Å². The molecular formula is C12H7Cl2N3O3S. The van der Waals surface area contributed by atoms with E-state index < -0.39 is 10.1 Å². The van der Waals surface area contributed by atoms with E-state index in [1.807, 2.05) is 0 Å². The average molecular weight is 344 g/mol. The Morgan fingerprint density at radius 1 is 1.00 bits per heavy atom. The highest BCUT2D eigenvalue weighted by Gasteiger charge is 2.19. The molecule has 6 nitrogen and oxygen atoms in total. The van der Waals surface area contributed by atoms with Crippen LogP contribution in [0.1, 0.15) is 0 Å². The lowest BCUT2D eigenvalue weighted by Crippen LogP contribution is -2.21. The van der Waals surface area contributed by atoms with Gasteiger partial charge < -0.3 is 0 Å². The second kappa shape index (κ2) is 5.18. The van der Waals surface area contributed by atoms with Gasteiger partial charge >= 0.3 is 10.1 Å². The van der Waals surface area contributed by atoms with E-state index in [0.29, 0.717) is 21.1 Å². The summed E-state index contributed by atoms with van der Waals surface area (Å²) in [6.07, 6.45) is 0. The van der Waals surface area contributed by atoms with Gasteiger partial charge in [0.25, 0.3) is 0 Å². The van der Waals surface area contributed by atoms with Gasteiger partial charge in [-0.3, -0.25) is 4.28 Å². The number of rotatable bonds is 3. The summed E-state index contributed by atoms with van der Waals surface area (Å²) in [5.74, 6) is 0. The van der Waals surface area contributed by atoms with Crippen LogP contribution in [0.4, 0.5) is 0 Å². The third-order valence-electron chi connectivity index (χ3n) is 2.65. The molecule has 0 atom stereocenters. The molecule has 0 fully saturated rings. The fourth-order valence-electron chi connectivity index (χ4n) is 1.67. The number of hydrogen-bond donors (Lipinski definition) is 0. The van der Waals surface area contributed by atoms with E-state index in [0.717, 1.165) is 4.85 Å². The molecule has 3 aromatic rings. The van der Waals surface area contributed by atoms with E-state index in [4.69, 9.17) is 27.5 Å². The predicted molar refractivity (Wildman–Crippen MR) is 77.8 cm³/mol. The Bertz CT molecular complexity index is 907. The van der Waals surface area contributed by atoms with Crippen LogP contribution in [0.25, 0.3) is 11.0 Å². The molecule has 1 aromatic heterocycles. The van der Waals surface area contributed by atoms with Crippen molar-refractivity contribution in [1.29, 1.82) is 0 Å². The molecule has 0 spiro atoms. The Morgan fingerprint density at radius 3 is 2.38 bits per heavy atom. The van der Waals surface area contributed by atoms with Crippen molar-refractivity contribution < 1.29 is 12.7 Å². The largest absolute Gasteiger partial charge is 0.358 e. The molecule has 0 amide bonds. The first-order valence-electron chi connectivity index (χ1n) is 5.67. The minimum Gasteiger partial charge on any atom is -0.264 e. The van der Waals surface area contributed by atoms with Gasteiger partial charge in [0.05, 0.1) is 0 Å². The first kappa shape index (κ1) is 14.1. The number of nitrogens with zero attached hydrogens (tertiary/aromatic N) is 3. The van der Waals surface area contributed by atoms with Gasteiger partial charge in [0.2, 0.25) is 0 Å². The molecule has 1 heterocycles. The summed E-state index contributed by atoms with van der Waals surface area (Å²) >= 11 is 11.5. The molecule has 21 heavy (non-hydrogen) atoms. The second-order valence-electron chi connectivity index (χ2n) is 4.08. The van der Waals surface area contributed by atoms with Crippen LogP contribution in [0.5, 0.6) is 0 Å². The summed E-state index contributed by atoms with van der Waals surface area (Å²) in [5.41, 5.74) is 0.811. The van der Waals surface area contributed by atoms with Crippen LogP contribution < -0.4 is 4.28 Å². The highest BCUT2D eigenvalue weighted by atomic mass is 35.5. The quantitative estimate of drug-likeness (QED) is 0.730. The molecule has 0 saturated carbocycles. The maximum Gasteiger partial charge on any atom is 0.358 e. The van der Waals surface area contributed by atoms with Crippen molar-refractivity contribution in [3.63, 3.8) is 0 Å². The Hall–Kier alpha value is -1.83. The minimum atomic E-state index is -4.03. The summed E-state index contributed by atoms with van der Waals surface area (Å²) in [6.45, 7) is 0. The van der Waals surface area contributed by atoms with Gasteiger partial charge in [-0.2, -0.15) is 8.42 Å². The highest BCUT2D eigenvalue weighted by molar-refractivity contribution is 7.87. The fourth-order valence-corrected chi connectivity index (χ4v) is 2.81. The zero-order valence-corrected chi connectivity index (χ0v) is 12.6. The lowest BCUT2D eigenvalue weighted by atomic mass is 10.3. The van der Waals surface area contributed by atoms with Crippen molar-refractivity contribution in [2.75, 3.05) is 0 Å². The van der Waals surface area contributed by atoms with Crippen LogP contribution >= 0.6 is 23.2 Å². The number of hydrogen-bond acceptors (Lipinski definition) is 5. The molecule has 108 valence electrons.